The summed E-state index contributed by atoms with van der Waals surface area (Å²) in [7, 11) is 0. The normalized spacial score (nSPS) is 33.6. The Kier molecular flexibility index (Phi) is 4.41. The summed E-state index contributed by atoms with van der Waals surface area (Å²) in [6.45, 7) is 0. The number of aromatic nitrogens is 1. The summed E-state index contributed by atoms with van der Waals surface area (Å²) in [5.41, 5.74) is 7.19. The van der Waals surface area contributed by atoms with E-state index in [1.54, 1.807) is 11.3 Å². The van der Waals surface area contributed by atoms with Crippen LogP contribution in [0.1, 0.15) is 61.9 Å². The molecule has 0 bridgehead atoms. The number of anilines is 1. The summed E-state index contributed by atoms with van der Waals surface area (Å²) in [5.74, 6) is 2.07. The van der Waals surface area contributed by atoms with Gasteiger partial charge in [0.05, 0.1) is 5.69 Å². The van der Waals surface area contributed by atoms with E-state index >= 15 is 0 Å². The van der Waals surface area contributed by atoms with E-state index in [1.807, 2.05) is 0 Å². The molecule has 0 aliphatic heterocycles. The van der Waals surface area contributed by atoms with Crippen LogP contribution < -0.4 is 11.1 Å². The van der Waals surface area contributed by atoms with Gasteiger partial charge in [-0.3, -0.25) is 4.79 Å². The van der Waals surface area contributed by atoms with Gasteiger partial charge in [-0.2, -0.15) is 0 Å². The minimum absolute atomic E-state index is 0.192. The van der Waals surface area contributed by atoms with E-state index in [1.165, 1.54) is 37.0 Å². The van der Waals surface area contributed by atoms with Gasteiger partial charge >= 0.3 is 0 Å². The second-order valence-electron chi connectivity index (χ2n) is 7.70. The minimum Gasteiger partial charge on any atom is -0.327 e. The Balaban J connectivity index is 1.38. The third-order valence-corrected chi connectivity index (χ3v) is 7.15. The number of rotatable bonds is 2. The second-order valence-corrected chi connectivity index (χ2v) is 8.78. The monoisotopic (exact) mass is 333 g/mol. The topological polar surface area (TPSA) is 68.0 Å². The molecule has 4 rings (SSSR count). The molecule has 4 atom stereocenters. The predicted molar refractivity (Wildman–Crippen MR) is 93.5 cm³/mol. The van der Waals surface area contributed by atoms with Gasteiger partial charge in [0.25, 0.3) is 0 Å². The molecule has 0 spiro atoms. The van der Waals surface area contributed by atoms with Gasteiger partial charge in [-0.15, -0.1) is 11.3 Å². The molecule has 0 saturated heterocycles. The quantitative estimate of drug-likeness (QED) is 0.870. The zero-order valence-electron chi connectivity index (χ0n) is 13.7. The number of hydrogen-bond acceptors (Lipinski definition) is 4. The van der Waals surface area contributed by atoms with Crippen molar-refractivity contribution in [1.29, 1.82) is 0 Å². The van der Waals surface area contributed by atoms with Crippen LogP contribution in [-0.4, -0.2) is 16.9 Å². The molecule has 1 amide bonds. The van der Waals surface area contributed by atoms with Crippen molar-refractivity contribution in [3.8, 4) is 0 Å². The molecule has 5 heteroatoms. The first-order valence-electron chi connectivity index (χ1n) is 9.24. The lowest BCUT2D eigenvalue weighted by Crippen LogP contribution is -2.33. The molecule has 1 aromatic rings. The van der Waals surface area contributed by atoms with Gasteiger partial charge in [0.15, 0.2) is 5.13 Å². The Morgan fingerprint density at radius 3 is 2.83 bits per heavy atom. The minimum atomic E-state index is 0.192. The van der Waals surface area contributed by atoms with Crippen molar-refractivity contribution < 1.29 is 4.79 Å². The first-order valence-corrected chi connectivity index (χ1v) is 10.1. The maximum atomic E-state index is 12.7. The average molecular weight is 334 g/mol. The molecular weight excluding hydrogens is 306 g/mol. The highest BCUT2D eigenvalue weighted by atomic mass is 32.1. The average Bonchev–Trinajstić information content (AvgIpc) is 2.95. The van der Waals surface area contributed by atoms with Crippen LogP contribution in [0.2, 0.25) is 0 Å². The fraction of sp³-hybridized carbons (Fsp3) is 0.778. The summed E-state index contributed by atoms with van der Waals surface area (Å²) in [6, 6.07) is 0.257. The van der Waals surface area contributed by atoms with Crippen LogP contribution in [0.4, 0.5) is 5.13 Å². The fourth-order valence-electron chi connectivity index (χ4n) is 4.77. The van der Waals surface area contributed by atoms with Crippen LogP contribution in [0, 0.1) is 17.8 Å². The molecule has 3 aliphatic carbocycles. The number of nitrogens with one attached hydrogen (secondary N) is 1. The summed E-state index contributed by atoms with van der Waals surface area (Å²) >= 11 is 1.63. The van der Waals surface area contributed by atoms with Crippen molar-refractivity contribution in [1.82, 2.24) is 4.98 Å². The van der Waals surface area contributed by atoms with E-state index in [2.05, 4.69) is 10.3 Å². The first-order chi connectivity index (χ1) is 11.2. The Hall–Kier alpha value is -0.940. The molecule has 3 N–H and O–H groups in total. The number of carbonyl (C=O) groups is 1. The highest BCUT2D eigenvalue weighted by Gasteiger charge is 2.35. The molecule has 3 unspecified atom stereocenters. The summed E-state index contributed by atoms with van der Waals surface area (Å²) in [6.07, 6.45) is 11.7. The number of amides is 1. The molecule has 0 aromatic carbocycles. The zero-order chi connectivity index (χ0) is 15.8. The van der Waals surface area contributed by atoms with Gasteiger partial charge in [0, 0.05) is 16.8 Å². The van der Waals surface area contributed by atoms with Crippen molar-refractivity contribution in [2.45, 2.75) is 70.3 Å². The van der Waals surface area contributed by atoms with Gasteiger partial charge in [-0.25, -0.2) is 4.98 Å². The standard InChI is InChI=1S/C18H27N3OS/c19-14-7-8-15-16(10-14)23-18(20-15)21-17(22)13-6-5-11-3-1-2-4-12(11)9-13/h11-14H,1-10,19H2,(H,20,21,22)/t11?,12?,13?,14-/m0/s1. The SMILES string of the molecule is N[C@H]1CCc2nc(NC(=O)C3CCC4CCCCC4C3)sc2C1. The van der Waals surface area contributed by atoms with Crippen molar-refractivity contribution in [3.63, 3.8) is 0 Å². The number of nitrogens with zero attached hydrogens (tertiary/aromatic N) is 1. The molecule has 0 radical (unpaired) electrons. The number of thiazole rings is 1. The number of hydrogen-bond donors (Lipinski definition) is 2. The van der Waals surface area contributed by atoms with E-state index in [9.17, 15) is 4.79 Å². The van der Waals surface area contributed by atoms with Crippen LogP contribution in [0.15, 0.2) is 0 Å². The van der Waals surface area contributed by atoms with E-state index in [0.29, 0.717) is 0 Å². The highest BCUT2D eigenvalue weighted by Crippen LogP contribution is 2.43. The van der Waals surface area contributed by atoms with E-state index in [-0.39, 0.29) is 17.9 Å². The Morgan fingerprint density at radius 1 is 1.13 bits per heavy atom. The molecule has 2 fully saturated rings. The van der Waals surface area contributed by atoms with Gasteiger partial charge < -0.3 is 11.1 Å². The maximum Gasteiger partial charge on any atom is 0.229 e. The summed E-state index contributed by atoms with van der Waals surface area (Å²) < 4.78 is 0. The lowest BCUT2D eigenvalue weighted by atomic mass is 9.67. The van der Waals surface area contributed by atoms with Crippen LogP contribution >= 0.6 is 11.3 Å². The number of nitrogens with two attached hydrogens (primary N) is 1. The lowest BCUT2D eigenvalue weighted by molar-refractivity contribution is -0.122. The van der Waals surface area contributed by atoms with Crippen LogP contribution in [0.25, 0.3) is 0 Å². The third kappa shape index (κ3) is 3.31. The maximum absolute atomic E-state index is 12.7. The van der Waals surface area contributed by atoms with Crippen LogP contribution in [-0.2, 0) is 17.6 Å². The van der Waals surface area contributed by atoms with E-state index < -0.39 is 0 Å². The molecule has 3 aliphatic rings. The largest absolute Gasteiger partial charge is 0.327 e. The highest BCUT2D eigenvalue weighted by molar-refractivity contribution is 7.15. The molecule has 126 valence electrons. The Labute approximate surface area is 142 Å². The second kappa shape index (κ2) is 6.52. The Morgan fingerprint density at radius 2 is 1.96 bits per heavy atom. The van der Waals surface area contributed by atoms with Gasteiger partial charge in [0.2, 0.25) is 5.91 Å². The molecule has 23 heavy (non-hydrogen) atoms. The van der Waals surface area contributed by atoms with Gasteiger partial charge in [-0.1, -0.05) is 25.7 Å². The van der Waals surface area contributed by atoms with Gasteiger partial charge in [0.1, 0.15) is 0 Å². The Bertz CT molecular complexity index is 585. The van der Waals surface area contributed by atoms with Crippen molar-refractivity contribution in [2.75, 3.05) is 5.32 Å². The number of fused-ring (bicyclic) bond motifs is 2. The first kappa shape index (κ1) is 15.6. The predicted octanol–water partition coefficient (Wildman–Crippen LogP) is 3.50. The molecule has 1 aromatic heterocycles. The number of aryl methyl sites for hydroxylation is 1. The number of carbonyl (C=O) groups excluding carboxylic acids is 1. The van der Waals surface area contributed by atoms with Crippen LogP contribution in [0.5, 0.6) is 0 Å². The zero-order valence-corrected chi connectivity index (χ0v) is 14.5. The lowest BCUT2D eigenvalue weighted by Gasteiger charge is -2.38. The van der Waals surface area contributed by atoms with Crippen molar-refractivity contribution in [3.05, 3.63) is 10.6 Å². The van der Waals surface area contributed by atoms with Gasteiger partial charge in [-0.05, 0) is 50.4 Å². The van der Waals surface area contributed by atoms with E-state index in [4.69, 9.17) is 5.73 Å². The fourth-order valence-corrected chi connectivity index (χ4v) is 5.88. The van der Waals surface area contributed by atoms with E-state index in [0.717, 1.165) is 54.8 Å². The third-order valence-electron chi connectivity index (χ3n) is 6.12. The van der Waals surface area contributed by atoms with Crippen LogP contribution in [0.3, 0.4) is 0 Å². The molecule has 1 heterocycles. The smallest absolute Gasteiger partial charge is 0.229 e. The summed E-state index contributed by atoms with van der Waals surface area (Å²) in [4.78, 5) is 18.6. The van der Waals surface area contributed by atoms with Crippen molar-refractivity contribution >= 4 is 22.4 Å². The summed E-state index contributed by atoms with van der Waals surface area (Å²) in [5, 5.41) is 3.90. The van der Waals surface area contributed by atoms with Crippen molar-refractivity contribution in [2.24, 2.45) is 23.5 Å². The molecule has 4 nitrogen and oxygen atoms in total. The molecular formula is C18H27N3OS. The molecule has 2 saturated carbocycles.